The third-order valence-corrected chi connectivity index (χ3v) is 5.07. The molecule has 1 aliphatic carbocycles. The Morgan fingerprint density at radius 1 is 1.36 bits per heavy atom. The second-order valence-corrected chi connectivity index (χ2v) is 6.64. The Balaban J connectivity index is 1.71. The van der Waals surface area contributed by atoms with E-state index in [1.54, 1.807) is 12.2 Å². The van der Waals surface area contributed by atoms with Gasteiger partial charge in [-0.05, 0) is 31.8 Å². The number of amides is 1. The van der Waals surface area contributed by atoms with Gasteiger partial charge in [0.2, 0.25) is 5.91 Å². The third kappa shape index (κ3) is 2.92. The number of rotatable bonds is 3. The van der Waals surface area contributed by atoms with Crippen molar-refractivity contribution >= 4 is 5.91 Å². The summed E-state index contributed by atoms with van der Waals surface area (Å²) in [6, 6.07) is -0.155. The zero-order valence-corrected chi connectivity index (χ0v) is 13.0. The van der Waals surface area contributed by atoms with E-state index >= 15 is 0 Å². The standard InChI is InChI=1S/C16H23N3O3/c1-12-10-18(16(20)11-17-7-3-2-4-8-17)15-9-13(19(21)22)5-6-14(12)15/h5-6,9,12,14-15H,2-4,7-8,10-11H2,1H3. The number of hydrogen-bond acceptors (Lipinski definition) is 4. The van der Waals surface area contributed by atoms with Gasteiger partial charge in [0.15, 0.2) is 0 Å². The van der Waals surface area contributed by atoms with E-state index in [-0.39, 0.29) is 28.5 Å². The lowest BCUT2D eigenvalue weighted by Crippen LogP contribution is -2.45. The molecule has 1 amide bonds. The molecule has 3 rings (SSSR count). The normalized spacial score (nSPS) is 31.8. The van der Waals surface area contributed by atoms with E-state index in [4.69, 9.17) is 0 Å². The Hall–Kier alpha value is -1.69. The topological polar surface area (TPSA) is 66.7 Å². The molecule has 3 atom stereocenters. The summed E-state index contributed by atoms with van der Waals surface area (Å²) in [5.41, 5.74) is 0.103. The summed E-state index contributed by atoms with van der Waals surface area (Å²) in [6.07, 6.45) is 8.70. The minimum absolute atomic E-state index is 0.103. The van der Waals surface area contributed by atoms with E-state index in [0.717, 1.165) is 25.9 Å². The summed E-state index contributed by atoms with van der Waals surface area (Å²) < 4.78 is 0. The van der Waals surface area contributed by atoms with Crippen LogP contribution in [0, 0.1) is 22.0 Å². The second kappa shape index (κ2) is 6.20. The molecule has 0 radical (unpaired) electrons. The fourth-order valence-electron chi connectivity index (χ4n) is 3.83. The summed E-state index contributed by atoms with van der Waals surface area (Å²) in [4.78, 5) is 27.3. The Morgan fingerprint density at radius 2 is 2.09 bits per heavy atom. The van der Waals surface area contributed by atoms with Gasteiger partial charge in [-0.3, -0.25) is 19.8 Å². The molecule has 0 bridgehead atoms. The van der Waals surface area contributed by atoms with E-state index in [1.165, 1.54) is 6.42 Å². The third-order valence-electron chi connectivity index (χ3n) is 5.07. The predicted molar refractivity (Wildman–Crippen MR) is 82.7 cm³/mol. The smallest absolute Gasteiger partial charge is 0.267 e. The van der Waals surface area contributed by atoms with Crippen molar-refractivity contribution in [3.05, 3.63) is 34.0 Å². The molecule has 0 aromatic rings. The Kier molecular flexibility index (Phi) is 4.29. The number of nitro groups is 1. The van der Waals surface area contributed by atoms with Crippen LogP contribution >= 0.6 is 0 Å². The van der Waals surface area contributed by atoms with Gasteiger partial charge >= 0.3 is 0 Å². The molecule has 6 nitrogen and oxygen atoms in total. The van der Waals surface area contributed by atoms with Crippen LogP contribution in [0.15, 0.2) is 23.9 Å². The van der Waals surface area contributed by atoms with Gasteiger partial charge in [0.05, 0.1) is 17.5 Å². The summed E-state index contributed by atoms with van der Waals surface area (Å²) in [5, 5.41) is 11.0. The summed E-state index contributed by atoms with van der Waals surface area (Å²) in [7, 11) is 0. The summed E-state index contributed by atoms with van der Waals surface area (Å²) in [5.74, 6) is 0.653. The first-order chi connectivity index (χ1) is 10.6. The van der Waals surface area contributed by atoms with Crippen LogP contribution in [0.1, 0.15) is 26.2 Å². The van der Waals surface area contributed by atoms with E-state index in [9.17, 15) is 14.9 Å². The van der Waals surface area contributed by atoms with Crippen molar-refractivity contribution in [3.63, 3.8) is 0 Å². The lowest BCUT2D eigenvalue weighted by Gasteiger charge is -2.30. The van der Waals surface area contributed by atoms with E-state index in [0.29, 0.717) is 19.0 Å². The maximum absolute atomic E-state index is 12.7. The van der Waals surface area contributed by atoms with Gasteiger partial charge in [-0.15, -0.1) is 0 Å². The molecule has 0 spiro atoms. The summed E-state index contributed by atoms with van der Waals surface area (Å²) >= 11 is 0. The highest BCUT2D eigenvalue weighted by Gasteiger charge is 2.42. The lowest BCUT2D eigenvalue weighted by molar-refractivity contribution is -0.419. The molecule has 3 aliphatic rings. The minimum Gasteiger partial charge on any atom is -0.334 e. The molecule has 120 valence electrons. The molecular weight excluding hydrogens is 282 g/mol. The Bertz CT molecular complexity index is 523. The number of carbonyl (C=O) groups excluding carboxylic acids is 1. The van der Waals surface area contributed by atoms with Gasteiger partial charge in [-0.2, -0.15) is 0 Å². The van der Waals surface area contributed by atoms with Crippen molar-refractivity contribution < 1.29 is 9.72 Å². The van der Waals surface area contributed by atoms with Crippen LogP contribution in [0.5, 0.6) is 0 Å². The van der Waals surface area contributed by atoms with Crippen LogP contribution in [-0.4, -0.2) is 52.9 Å². The van der Waals surface area contributed by atoms with E-state index in [1.807, 2.05) is 11.0 Å². The molecule has 2 saturated heterocycles. The van der Waals surface area contributed by atoms with Crippen LogP contribution in [-0.2, 0) is 4.79 Å². The zero-order chi connectivity index (χ0) is 15.7. The van der Waals surface area contributed by atoms with E-state index in [2.05, 4.69) is 11.8 Å². The first kappa shape index (κ1) is 15.2. The maximum atomic E-state index is 12.7. The van der Waals surface area contributed by atoms with Crippen LogP contribution in [0.4, 0.5) is 0 Å². The molecule has 0 aromatic carbocycles. The van der Waals surface area contributed by atoms with Gasteiger partial charge in [-0.25, -0.2) is 0 Å². The van der Waals surface area contributed by atoms with Crippen molar-refractivity contribution in [3.8, 4) is 0 Å². The van der Waals surface area contributed by atoms with Crippen LogP contribution < -0.4 is 0 Å². The fraction of sp³-hybridized carbons (Fsp3) is 0.688. The Labute approximate surface area is 130 Å². The van der Waals surface area contributed by atoms with Crippen molar-refractivity contribution in [1.82, 2.24) is 9.80 Å². The highest BCUT2D eigenvalue weighted by atomic mass is 16.6. The van der Waals surface area contributed by atoms with Crippen LogP contribution in [0.2, 0.25) is 0 Å². The van der Waals surface area contributed by atoms with Crippen molar-refractivity contribution in [2.24, 2.45) is 11.8 Å². The Morgan fingerprint density at radius 3 is 2.77 bits per heavy atom. The lowest BCUT2D eigenvalue weighted by atomic mass is 9.88. The second-order valence-electron chi connectivity index (χ2n) is 6.64. The SMILES string of the molecule is CC1CN(C(=O)CN2CCCCC2)C2C=C([N+](=O)[O-])C=CC12. The molecule has 2 aliphatic heterocycles. The molecule has 0 N–H and O–H groups in total. The highest BCUT2D eigenvalue weighted by molar-refractivity contribution is 5.79. The maximum Gasteiger partial charge on any atom is 0.267 e. The number of likely N-dealkylation sites (tertiary alicyclic amines) is 2. The van der Waals surface area contributed by atoms with Gasteiger partial charge in [0.25, 0.3) is 5.70 Å². The molecule has 2 fully saturated rings. The fourth-order valence-corrected chi connectivity index (χ4v) is 3.83. The molecule has 0 aromatic heterocycles. The summed E-state index contributed by atoms with van der Waals surface area (Å²) in [6.45, 7) is 5.22. The van der Waals surface area contributed by atoms with Crippen molar-refractivity contribution in [1.29, 1.82) is 0 Å². The quantitative estimate of drug-likeness (QED) is 0.587. The first-order valence-corrected chi connectivity index (χ1v) is 8.12. The van der Waals surface area contributed by atoms with Gasteiger partial charge in [0.1, 0.15) is 0 Å². The van der Waals surface area contributed by atoms with Crippen molar-refractivity contribution in [2.75, 3.05) is 26.2 Å². The molecule has 0 saturated carbocycles. The minimum atomic E-state index is -0.372. The molecule has 3 unspecified atom stereocenters. The number of fused-ring (bicyclic) bond motifs is 1. The van der Waals surface area contributed by atoms with Gasteiger partial charge in [-0.1, -0.05) is 19.4 Å². The number of carbonyl (C=O) groups is 1. The highest BCUT2D eigenvalue weighted by Crippen LogP contribution is 2.35. The average Bonchev–Trinajstić information content (AvgIpc) is 2.85. The monoisotopic (exact) mass is 305 g/mol. The number of hydrogen-bond donors (Lipinski definition) is 0. The predicted octanol–water partition coefficient (Wildman–Crippen LogP) is 1.67. The number of piperidine rings is 1. The molecule has 2 heterocycles. The van der Waals surface area contributed by atoms with Crippen LogP contribution in [0.3, 0.4) is 0 Å². The number of nitrogens with zero attached hydrogens (tertiary/aromatic N) is 3. The largest absolute Gasteiger partial charge is 0.334 e. The number of allylic oxidation sites excluding steroid dienone is 1. The van der Waals surface area contributed by atoms with E-state index < -0.39 is 0 Å². The van der Waals surface area contributed by atoms with Gasteiger partial charge in [0, 0.05) is 24.6 Å². The first-order valence-electron chi connectivity index (χ1n) is 8.12. The molecular formula is C16H23N3O3. The molecule has 6 heteroatoms. The molecule has 22 heavy (non-hydrogen) atoms. The van der Waals surface area contributed by atoms with Crippen LogP contribution in [0.25, 0.3) is 0 Å². The zero-order valence-electron chi connectivity index (χ0n) is 13.0. The van der Waals surface area contributed by atoms with Gasteiger partial charge < -0.3 is 4.90 Å². The average molecular weight is 305 g/mol. The van der Waals surface area contributed by atoms with Crippen molar-refractivity contribution in [2.45, 2.75) is 32.2 Å².